The molecule has 0 saturated carbocycles. The van der Waals surface area contributed by atoms with E-state index < -0.39 is 17.4 Å². The molecule has 0 fully saturated rings. The predicted octanol–water partition coefficient (Wildman–Crippen LogP) is 3.69. The number of nitrogens with two attached hydrogens (primary N) is 1. The molecule has 33 heavy (non-hydrogen) atoms. The quantitative estimate of drug-likeness (QED) is 0.456. The van der Waals surface area contributed by atoms with Crippen LogP contribution < -0.4 is 16.6 Å². The molecule has 3 aromatic heterocycles. The number of halogens is 2. The highest BCUT2D eigenvalue weighted by atomic mass is 35.5. The first-order valence-electron chi connectivity index (χ1n) is 9.97. The molecule has 0 aliphatic rings. The second kappa shape index (κ2) is 8.80. The predicted molar refractivity (Wildman–Crippen MR) is 123 cm³/mol. The van der Waals surface area contributed by atoms with Crippen LogP contribution in [-0.2, 0) is 0 Å². The highest BCUT2D eigenvalue weighted by Gasteiger charge is 2.24. The molecule has 0 unspecified atom stereocenters. The fourth-order valence-corrected chi connectivity index (χ4v) is 3.76. The number of hydrogen-bond acceptors (Lipinski definition) is 8. The van der Waals surface area contributed by atoms with Gasteiger partial charge >= 0.3 is 0 Å². The molecule has 1 atom stereocenters. The third-order valence-corrected chi connectivity index (χ3v) is 5.36. The first-order valence-corrected chi connectivity index (χ1v) is 10.3. The Morgan fingerprint density at radius 2 is 2.09 bits per heavy atom. The number of nitrogens with zero attached hydrogens (tertiary/aromatic N) is 6. The average molecular weight is 465 g/mol. The van der Waals surface area contributed by atoms with E-state index in [1.165, 1.54) is 16.8 Å². The number of rotatable bonds is 5. The fraction of sp³-hybridized carbons (Fsp3) is 0.182. The lowest BCUT2D eigenvalue weighted by atomic mass is 10.1. The number of benzene rings is 1. The molecule has 166 valence electrons. The van der Waals surface area contributed by atoms with Gasteiger partial charge < -0.3 is 11.1 Å². The molecular formula is C22H18ClFN8O. The normalized spacial score (nSPS) is 11.8. The van der Waals surface area contributed by atoms with Gasteiger partial charge in [-0.25, -0.2) is 19.3 Å². The van der Waals surface area contributed by atoms with Gasteiger partial charge in [0.2, 0.25) is 0 Å². The molecule has 0 saturated heterocycles. The van der Waals surface area contributed by atoms with Gasteiger partial charge in [0.25, 0.3) is 5.56 Å². The summed E-state index contributed by atoms with van der Waals surface area (Å²) in [5.74, 6) is 0.0887. The monoisotopic (exact) mass is 464 g/mol. The molecular weight excluding hydrogens is 447 g/mol. The van der Waals surface area contributed by atoms with E-state index in [9.17, 15) is 14.4 Å². The van der Waals surface area contributed by atoms with Crippen molar-refractivity contribution in [3.63, 3.8) is 0 Å². The van der Waals surface area contributed by atoms with Crippen molar-refractivity contribution in [3.05, 3.63) is 75.1 Å². The zero-order valence-electron chi connectivity index (χ0n) is 17.7. The minimum Gasteiger partial charge on any atom is -0.382 e. The van der Waals surface area contributed by atoms with Crippen molar-refractivity contribution >= 4 is 34.1 Å². The van der Waals surface area contributed by atoms with E-state index in [0.29, 0.717) is 17.9 Å². The van der Waals surface area contributed by atoms with Crippen molar-refractivity contribution < 1.29 is 4.39 Å². The number of nitrogens with one attached hydrogen (secondary N) is 1. The molecule has 0 spiro atoms. The van der Waals surface area contributed by atoms with Gasteiger partial charge in [-0.05, 0) is 37.6 Å². The molecule has 0 amide bonds. The highest BCUT2D eigenvalue weighted by molar-refractivity contribution is 6.35. The molecule has 4 rings (SSSR count). The van der Waals surface area contributed by atoms with Gasteiger partial charge in [0.1, 0.15) is 40.4 Å². The van der Waals surface area contributed by atoms with E-state index in [4.69, 9.17) is 17.3 Å². The summed E-state index contributed by atoms with van der Waals surface area (Å²) in [6.07, 6.45) is 3.47. The van der Waals surface area contributed by atoms with Crippen LogP contribution in [0.4, 0.5) is 16.0 Å². The molecule has 9 nitrogen and oxygen atoms in total. The molecule has 4 aromatic rings. The number of hydrogen-bond donors (Lipinski definition) is 2. The lowest BCUT2D eigenvalue weighted by Gasteiger charge is -2.23. The van der Waals surface area contributed by atoms with Gasteiger partial charge in [-0.1, -0.05) is 18.5 Å². The largest absolute Gasteiger partial charge is 0.382 e. The van der Waals surface area contributed by atoms with Crippen LogP contribution in [0, 0.1) is 24.1 Å². The SMILES string of the molecule is CC[C@H](Nc1nc(C)nc(N)c1C#N)c1nc2c(F)ccc(Cl)c2c(=O)n1-c1cccnc1. The number of aryl methyl sites for hydroxylation is 1. The first-order chi connectivity index (χ1) is 15.8. The van der Waals surface area contributed by atoms with E-state index in [-0.39, 0.29) is 38.9 Å². The van der Waals surface area contributed by atoms with Crippen LogP contribution in [0.5, 0.6) is 0 Å². The average Bonchev–Trinajstić information content (AvgIpc) is 2.80. The summed E-state index contributed by atoms with van der Waals surface area (Å²) in [5.41, 5.74) is 5.67. The zero-order chi connectivity index (χ0) is 23.7. The Morgan fingerprint density at radius 3 is 2.76 bits per heavy atom. The van der Waals surface area contributed by atoms with Crippen molar-refractivity contribution in [2.75, 3.05) is 11.1 Å². The van der Waals surface area contributed by atoms with E-state index in [1.54, 1.807) is 25.3 Å². The van der Waals surface area contributed by atoms with E-state index in [2.05, 4.69) is 25.3 Å². The van der Waals surface area contributed by atoms with Gasteiger partial charge in [0.05, 0.1) is 28.3 Å². The summed E-state index contributed by atoms with van der Waals surface area (Å²) < 4.78 is 16.0. The number of aromatic nitrogens is 5. The third-order valence-electron chi connectivity index (χ3n) is 5.05. The Labute approximate surface area is 192 Å². The summed E-state index contributed by atoms with van der Waals surface area (Å²) in [4.78, 5) is 30.4. The van der Waals surface area contributed by atoms with Crippen molar-refractivity contribution in [3.8, 4) is 11.8 Å². The minimum atomic E-state index is -0.680. The molecule has 0 aliphatic heterocycles. The van der Waals surface area contributed by atoms with Crippen LogP contribution in [0.1, 0.15) is 36.6 Å². The summed E-state index contributed by atoms with van der Waals surface area (Å²) in [6, 6.07) is 7.16. The summed E-state index contributed by atoms with van der Waals surface area (Å²) in [5, 5.41) is 12.7. The van der Waals surface area contributed by atoms with E-state index >= 15 is 0 Å². The van der Waals surface area contributed by atoms with Crippen LogP contribution in [-0.4, -0.2) is 24.5 Å². The van der Waals surface area contributed by atoms with Gasteiger partial charge in [-0.15, -0.1) is 0 Å². The summed E-state index contributed by atoms with van der Waals surface area (Å²) in [6.45, 7) is 3.49. The van der Waals surface area contributed by atoms with Gasteiger partial charge in [-0.2, -0.15) is 5.26 Å². The Kier molecular flexibility index (Phi) is 5.89. The molecule has 11 heteroatoms. The van der Waals surface area contributed by atoms with Crippen LogP contribution in [0.15, 0.2) is 41.5 Å². The van der Waals surface area contributed by atoms with E-state index in [1.807, 2.05) is 13.0 Å². The Balaban J connectivity index is 2.01. The maximum Gasteiger partial charge on any atom is 0.267 e. The van der Waals surface area contributed by atoms with Crippen LogP contribution >= 0.6 is 11.6 Å². The Bertz CT molecular complexity index is 1470. The third kappa shape index (κ3) is 3.94. The Hall–Kier alpha value is -4.10. The number of pyridine rings is 1. The molecule has 0 aliphatic carbocycles. The summed E-state index contributed by atoms with van der Waals surface area (Å²) >= 11 is 6.25. The standard InChI is InChI=1S/C22H18ClFN8O/c1-3-16(30-20-13(9-25)19(26)28-11(2)29-20)21-31-18-15(24)7-6-14(23)17(18)22(33)32(21)12-5-4-8-27-10-12/h4-8,10,16H,3H2,1-2H3,(H3,26,28,29,30)/t16-/m0/s1. The highest BCUT2D eigenvalue weighted by Crippen LogP contribution is 2.29. The fourth-order valence-electron chi connectivity index (χ4n) is 3.53. The first kappa shape index (κ1) is 22.1. The van der Waals surface area contributed by atoms with Crippen molar-refractivity contribution in [2.45, 2.75) is 26.3 Å². The number of fused-ring (bicyclic) bond motifs is 1. The van der Waals surface area contributed by atoms with Gasteiger partial charge in [0.15, 0.2) is 5.82 Å². The van der Waals surface area contributed by atoms with Crippen LogP contribution in [0.25, 0.3) is 16.6 Å². The van der Waals surface area contributed by atoms with Crippen molar-refractivity contribution in [2.24, 2.45) is 0 Å². The van der Waals surface area contributed by atoms with E-state index in [0.717, 1.165) is 6.07 Å². The van der Waals surface area contributed by atoms with Gasteiger partial charge in [-0.3, -0.25) is 14.3 Å². The number of anilines is 2. The zero-order valence-corrected chi connectivity index (χ0v) is 18.4. The molecule has 3 heterocycles. The second-order valence-corrected chi connectivity index (χ2v) is 7.58. The Morgan fingerprint density at radius 1 is 1.30 bits per heavy atom. The maximum atomic E-state index is 14.7. The smallest absolute Gasteiger partial charge is 0.267 e. The molecule has 0 radical (unpaired) electrons. The number of nitriles is 1. The minimum absolute atomic E-state index is 0.0244. The van der Waals surface area contributed by atoms with Crippen molar-refractivity contribution in [1.82, 2.24) is 24.5 Å². The maximum absolute atomic E-state index is 14.7. The summed E-state index contributed by atoms with van der Waals surface area (Å²) in [7, 11) is 0. The molecule has 3 N–H and O–H groups in total. The van der Waals surface area contributed by atoms with Gasteiger partial charge in [0, 0.05) is 6.20 Å². The van der Waals surface area contributed by atoms with Crippen molar-refractivity contribution in [1.29, 1.82) is 5.26 Å². The lowest BCUT2D eigenvalue weighted by molar-refractivity contribution is 0.625. The lowest BCUT2D eigenvalue weighted by Crippen LogP contribution is -2.29. The number of nitrogen functional groups attached to an aromatic ring is 1. The van der Waals surface area contributed by atoms with Crippen LogP contribution in [0.2, 0.25) is 5.02 Å². The topological polar surface area (TPSA) is 135 Å². The second-order valence-electron chi connectivity index (χ2n) is 7.17. The molecule has 0 bridgehead atoms. The molecule has 1 aromatic carbocycles. The van der Waals surface area contributed by atoms with Crippen LogP contribution in [0.3, 0.4) is 0 Å².